The number of nitrogens with zero attached hydrogens (tertiary/aromatic N) is 1. The second-order valence-corrected chi connectivity index (χ2v) is 4.18. The Labute approximate surface area is 98.0 Å². The van der Waals surface area contributed by atoms with Crippen molar-refractivity contribution in [2.24, 2.45) is 0 Å². The van der Waals surface area contributed by atoms with Crippen LogP contribution in [0.15, 0.2) is 12.1 Å². The smallest absolute Gasteiger partial charge is 0.0995 e. The van der Waals surface area contributed by atoms with Crippen molar-refractivity contribution >= 4 is 50.1 Å². The molecule has 0 aliphatic carbocycles. The lowest BCUT2D eigenvalue weighted by Crippen LogP contribution is -1.90. The lowest BCUT2D eigenvalue weighted by molar-refractivity contribution is 1.34. The second kappa shape index (κ2) is 4.45. The molecule has 0 aromatic heterocycles. The van der Waals surface area contributed by atoms with E-state index in [4.69, 9.17) is 16.9 Å². The Kier molecular flexibility index (Phi) is 3.81. The van der Waals surface area contributed by atoms with Crippen molar-refractivity contribution in [1.29, 1.82) is 5.26 Å². The van der Waals surface area contributed by atoms with Crippen molar-refractivity contribution in [3.8, 4) is 6.07 Å². The summed E-state index contributed by atoms with van der Waals surface area (Å²) in [4.78, 5) is 0. The van der Waals surface area contributed by atoms with Crippen molar-refractivity contribution in [2.75, 3.05) is 0 Å². The molecule has 0 fully saturated rings. The maximum absolute atomic E-state index is 8.75. The highest BCUT2D eigenvalue weighted by atomic mass is 127. The van der Waals surface area contributed by atoms with Gasteiger partial charge in [-0.05, 0) is 40.3 Å². The summed E-state index contributed by atoms with van der Waals surface area (Å²) in [6.07, 6.45) is 0. The van der Waals surface area contributed by atoms with Crippen molar-refractivity contribution in [2.45, 2.75) is 5.33 Å². The van der Waals surface area contributed by atoms with Gasteiger partial charge in [0.25, 0.3) is 0 Å². The third-order valence-corrected chi connectivity index (χ3v) is 3.88. The van der Waals surface area contributed by atoms with Crippen LogP contribution in [0.5, 0.6) is 0 Å². The number of hydrogen-bond donors (Lipinski definition) is 0. The molecule has 62 valence electrons. The Balaban J connectivity index is 3.38. The Morgan fingerprint density at radius 1 is 1.58 bits per heavy atom. The molecule has 0 aliphatic heterocycles. The van der Waals surface area contributed by atoms with Crippen LogP contribution in [0.1, 0.15) is 11.1 Å². The summed E-state index contributed by atoms with van der Waals surface area (Å²) in [5.74, 6) is 0. The average molecular weight is 356 g/mol. The SMILES string of the molecule is N#Cc1ccc(Cl)c(I)c1CBr. The summed E-state index contributed by atoms with van der Waals surface area (Å²) in [6, 6.07) is 5.60. The maximum Gasteiger partial charge on any atom is 0.0995 e. The number of benzene rings is 1. The number of rotatable bonds is 1. The Morgan fingerprint density at radius 2 is 2.25 bits per heavy atom. The van der Waals surface area contributed by atoms with E-state index in [1.54, 1.807) is 12.1 Å². The van der Waals surface area contributed by atoms with Crippen molar-refractivity contribution < 1.29 is 0 Å². The Morgan fingerprint density at radius 3 is 2.75 bits per heavy atom. The van der Waals surface area contributed by atoms with Gasteiger partial charge in [0.15, 0.2) is 0 Å². The van der Waals surface area contributed by atoms with Crippen molar-refractivity contribution in [3.05, 3.63) is 31.9 Å². The van der Waals surface area contributed by atoms with Gasteiger partial charge in [-0.15, -0.1) is 0 Å². The van der Waals surface area contributed by atoms with Crippen LogP contribution in [0.2, 0.25) is 5.02 Å². The molecule has 1 aromatic carbocycles. The summed E-state index contributed by atoms with van der Waals surface area (Å²) in [7, 11) is 0. The molecule has 0 spiro atoms. The Hall–Kier alpha value is 0.210. The molecule has 0 unspecified atom stereocenters. The highest BCUT2D eigenvalue weighted by Crippen LogP contribution is 2.26. The fourth-order valence-corrected chi connectivity index (χ4v) is 2.77. The first-order valence-corrected chi connectivity index (χ1v) is 5.71. The van der Waals surface area contributed by atoms with Crippen LogP contribution in [0.3, 0.4) is 0 Å². The van der Waals surface area contributed by atoms with Crippen LogP contribution in [-0.4, -0.2) is 0 Å². The summed E-state index contributed by atoms with van der Waals surface area (Å²) < 4.78 is 0.949. The fraction of sp³-hybridized carbons (Fsp3) is 0.125. The van der Waals surface area contributed by atoms with E-state index in [1.165, 1.54) is 0 Å². The highest BCUT2D eigenvalue weighted by molar-refractivity contribution is 14.1. The van der Waals surface area contributed by atoms with E-state index >= 15 is 0 Å². The van der Waals surface area contributed by atoms with Crippen LogP contribution >= 0.6 is 50.1 Å². The third kappa shape index (κ3) is 1.93. The molecule has 4 heteroatoms. The standard InChI is InChI=1S/C8H4BrClIN/c9-3-6-5(4-12)1-2-7(10)8(6)11/h1-2H,3H2. The molecule has 0 radical (unpaired) electrons. The van der Waals surface area contributed by atoms with E-state index in [9.17, 15) is 0 Å². The van der Waals surface area contributed by atoms with E-state index in [1.807, 2.05) is 0 Å². The summed E-state index contributed by atoms with van der Waals surface area (Å²) in [5.41, 5.74) is 1.64. The van der Waals surface area contributed by atoms with Gasteiger partial charge < -0.3 is 0 Å². The molecule has 0 atom stereocenters. The molecule has 0 heterocycles. The molecule has 0 amide bonds. The highest BCUT2D eigenvalue weighted by Gasteiger charge is 2.07. The van der Waals surface area contributed by atoms with Gasteiger partial charge in [-0.1, -0.05) is 27.5 Å². The lowest BCUT2D eigenvalue weighted by atomic mass is 10.1. The molecule has 12 heavy (non-hydrogen) atoms. The number of hydrogen-bond acceptors (Lipinski definition) is 1. The first-order chi connectivity index (χ1) is 5.70. The zero-order valence-corrected chi connectivity index (χ0v) is 10.4. The van der Waals surface area contributed by atoms with Crippen LogP contribution in [0.25, 0.3) is 0 Å². The predicted octanol–water partition coefficient (Wildman–Crippen LogP) is 3.71. The van der Waals surface area contributed by atoms with E-state index < -0.39 is 0 Å². The van der Waals surface area contributed by atoms with Crippen LogP contribution in [0, 0.1) is 14.9 Å². The number of halogens is 3. The van der Waals surface area contributed by atoms with E-state index in [0.717, 1.165) is 9.13 Å². The van der Waals surface area contributed by atoms with E-state index in [-0.39, 0.29) is 0 Å². The minimum Gasteiger partial charge on any atom is -0.192 e. The molecule has 0 saturated carbocycles. The van der Waals surface area contributed by atoms with Gasteiger partial charge in [0.2, 0.25) is 0 Å². The molecule has 1 rings (SSSR count). The van der Waals surface area contributed by atoms with Crippen molar-refractivity contribution in [1.82, 2.24) is 0 Å². The zero-order valence-electron chi connectivity index (χ0n) is 5.94. The van der Waals surface area contributed by atoms with Gasteiger partial charge >= 0.3 is 0 Å². The number of nitriles is 1. The molecule has 1 aromatic rings. The normalized spacial score (nSPS) is 9.50. The first-order valence-electron chi connectivity index (χ1n) is 3.13. The summed E-state index contributed by atoms with van der Waals surface area (Å²) in [5, 5.41) is 10.1. The molecule has 0 aliphatic rings. The third-order valence-electron chi connectivity index (χ3n) is 1.45. The predicted molar refractivity (Wildman–Crippen MR) is 61.5 cm³/mol. The topological polar surface area (TPSA) is 23.8 Å². The molecular formula is C8H4BrClIN. The van der Waals surface area contributed by atoms with Gasteiger partial charge in [-0.25, -0.2) is 0 Å². The van der Waals surface area contributed by atoms with Crippen LogP contribution < -0.4 is 0 Å². The summed E-state index contributed by atoms with van der Waals surface area (Å²) >= 11 is 11.3. The molecule has 0 bridgehead atoms. The first kappa shape index (κ1) is 10.3. The number of alkyl halides is 1. The van der Waals surface area contributed by atoms with Gasteiger partial charge in [0, 0.05) is 8.90 Å². The molecule has 0 N–H and O–H groups in total. The van der Waals surface area contributed by atoms with Crippen LogP contribution in [-0.2, 0) is 5.33 Å². The minimum atomic E-state index is 0.661. The summed E-state index contributed by atoms with van der Waals surface area (Å²) in [6.45, 7) is 0. The Bertz CT molecular complexity index is 346. The van der Waals surface area contributed by atoms with E-state index in [2.05, 4.69) is 44.6 Å². The van der Waals surface area contributed by atoms with Gasteiger partial charge in [0.05, 0.1) is 16.7 Å². The second-order valence-electron chi connectivity index (χ2n) is 2.13. The average Bonchev–Trinajstić information content (AvgIpc) is 2.09. The lowest BCUT2D eigenvalue weighted by Gasteiger charge is -2.03. The van der Waals surface area contributed by atoms with Gasteiger partial charge in [-0.3, -0.25) is 0 Å². The largest absolute Gasteiger partial charge is 0.192 e. The van der Waals surface area contributed by atoms with Crippen molar-refractivity contribution in [3.63, 3.8) is 0 Å². The maximum atomic E-state index is 8.75. The molecule has 0 saturated heterocycles. The minimum absolute atomic E-state index is 0.661. The quantitative estimate of drug-likeness (QED) is 0.556. The van der Waals surface area contributed by atoms with Crippen LogP contribution in [0.4, 0.5) is 0 Å². The molecule has 1 nitrogen and oxygen atoms in total. The monoisotopic (exact) mass is 355 g/mol. The fourth-order valence-electron chi connectivity index (χ4n) is 0.828. The van der Waals surface area contributed by atoms with Gasteiger partial charge in [-0.2, -0.15) is 5.26 Å². The van der Waals surface area contributed by atoms with Gasteiger partial charge in [0.1, 0.15) is 0 Å². The zero-order chi connectivity index (χ0) is 9.14. The van der Waals surface area contributed by atoms with E-state index in [0.29, 0.717) is 15.9 Å². The molecular weight excluding hydrogens is 352 g/mol.